The van der Waals surface area contributed by atoms with E-state index in [0.29, 0.717) is 0 Å². The zero-order valence-corrected chi connectivity index (χ0v) is 8.50. The van der Waals surface area contributed by atoms with Gasteiger partial charge in [-0.1, -0.05) is 6.07 Å². The van der Waals surface area contributed by atoms with Crippen LogP contribution in [0.3, 0.4) is 0 Å². The zero-order chi connectivity index (χ0) is 10.1. The molecule has 1 unspecified atom stereocenters. The summed E-state index contributed by atoms with van der Waals surface area (Å²) < 4.78 is 5.25. The maximum atomic E-state index is 8.95. The quantitative estimate of drug-likeness (QED) is 0.597. The van der Waals surface area contributed by atoms with Crippen molar-refractivity contribution in [3.8, 4) is 11.8 Å². The summed E-state index contributed by atoms with van der Waals surface area (Å²) in [6.07, 6.45) is 1.98. The Morgan fingerprint density at radius 2 is 2.36 bits per heavy atom. The normalized spacial score (nSPS) is 18.7. The van der Waals surface area contributed by atoms with Gasteiger partial charge in [0.2, 0.25) is 0 Å². The van der Waals surface area contributed by atoms with Crippen LogP contribution in [0.1, 0.15) is 23.5 Å². The topological polar surface area (TPSA) is 33.0 Å². The number of nitrogens with zero attached hydrogens (tertiary/aromatic N) is 1. The summed E-state index contributed by atoms with van der Waals surface area (Å²) in [4.78, 5) is 0. The molecule has 0 aromatic heterocycles. The minimum absolute atomic E-state index is 0.0690. The van der Waals surface area contributed by atoms with Gasteiger partial charge in [0, 0.05) is 0 Å². The fourth-order valence-electron chi connectivity index (χ4n) is 2.11. The lowest BCUT2D eigenvalue weighted by Gasteiger charge is -2.09. The van der Waals surface area contributed by atoms with Gasteiger partial charge in [-0.05, 0) is 35.5 Å². The van der Waals surface area contributed by atoms with E-state index in [4.69, 9.17) is 10.00 Å². The average molecular weight is 185 g/mol. The first-order valence-corrected chi connectivity index (χ1v) is 4.83. The minimum atomic E-state index is 0.0690. The second-order valence-electron chi connectivity index (χ2n) is 3.74. The molecule has 2 rings (SSSR count). The van der Waals surface area contributed by atoms with Crippen LogP contribution in [-0.4, -0.2) is 15.0 Å². The Balaban J connectivity index is 2.51. The Labute approximate surface area is 84.9 Å². The van der Waals surface area contributed by atoms with Crippen LogP contribution in [0.25, 0.3) is 0 Å². The highest BCUT2D eigenvalue weighted by molar-refractivity contribution is 6.34. The number of hydrogen-bond acceptors (Lipinski definition) is 2. The second kappa shape index (κ2) is 3.38. The molecule has 0 saturated carbocycles. The second-order valence-corrected chi connectivity index (χ2v) is 3.74. The number of fused-ring (bicyclic) bond motifs is 1. The maximum absolute atomic E-state index is 8.95. The zero-order valence-electron chi connectivity index (χ0n) is 8.50. The van der Waals surface area contributed by atoms with Crippen LogP contribution in [0.2, 0.25) is 0 Å². The first-order chi connectivity index (χ1) is 6.76. The number of nitriles is 1. The van der Waals surface area contributed by atoms with Crippen LogP contribution in [0.4, 0.5) is 0 Å². The number of ether oxygens (including phenoxy) is 1. The van der Waals surface area contributed by atoms with E-state index in [-0.39, 0.29) is 5.92 Å². The van der Waals surface area contributed by atoms with Gasteiger partial charge in [0.1, 0.15) is 13.6 Å². The number of aryl methyl sites for hydroxylation is 1. The number of methoxy groups -OCH3 is 1. The SMILES string of the molecule is Bc1cc2c(cc1OC)C(C#N)CC2. The van der Waals surface area contributed by atoms with Gasteiger partial charge in [0.05, 0.1) is 19.1 Å². The van der Waals surface area contributed by atoms with E-state index < -0.39 is 0 Å². The van der Waals surface area contributed by atoms with Crippen molar-refractivity contribution in [2.45, 2.75) is 18.8 Å². The Bertz CT molecular complexity index is 408. The summed E-state index contributed by atoms with van der Waals surface area (Å²) in [5, 5.41) is 8.95. The molecule has 1 aromatic carbocycles. The largest absolute Gasteiger partial charge is 0.497 e. The highest BCUT2D eigenvalue weighted by Gasteiger charge is 2.23. The molecule has 0 saturated heterocycles. The van der Waals surface area contributed by atoms with E-state index in [1.165, 1.54) is 5.56 Å². The monoisotopic (exact) mass is 185 g/mol. The van der Waals surface area contributed by atoms with E-state index in [2.05, 4.69) is 12.1 Å². The molecule has 0 amide bonds. The third kappa shape index (κ3) is 1.28. The summed E-state index contributed by atoms with van der Waals surface area (Å²) in [5.74, 6) is 0.963. The van der Waals surface area contributed by atoms with Crippen LogP contribution in [0.15, 0.2) is 12.1 Å². The van der Waals surface area contributed by atoms with Gasteiger partial charge in [-0.2, -0.15) is 5.26 Å². The molecule has 0 N–H and O–H groups in total. The minimum Gasteiger partial charge on any atom is -0.497 e. The summed E-state index contributed by atoms with van der Waals surface area (Å²) in [6.45, 7) is 0. The van der Waals surface area contributed by atoms with Crippen LogP contribution < -0.4 is 10.2 Å². The molecular weight excluding hydrogens is 173 g/mol. The Kier molecular flexibility index (Phi) is 2.21. The molecule has 14 heavy (non-hydrogen) atoms. The summed E-state index contributed by atoms with van der Waals surface area (Å²) >= 11 is 0. The summed E-state index contributed by atoms with van der Waals surface area (Å²) in [6, 6.07) is 6.50. The fraction of sp³-hybridized carbons (Fsp3) is 0.364. The molecule has 3 heteroatoms. The van der Waals surface area contributed by atoms with Crippen LogP contribution in [-0.2, 0) is 6.42 Å². The Morgan fingerprint density at radius 3 is 3.00 bits per heavy atom. The van der Waals surface area contributed by atoms with Crippen LogP contribution in [0.5, 0.6) is 5.75 Å². The van der Waals surface area contributed by atoms with Crippen molar-refractivity contribution in [3.05, 3.63) is 23.3 Å². The van der Waals surface area contributed by atoms with Gasteiger partial charge >= 0.3 is 0 Å². The van der Waals surface area contributed by atoms with Gasteiger partial charge < -0.3 is 4.74 Å². The van der Waals surface area contributed by atoms with Crippen molar-refractivity contribution in [1.29, 1.82) is 5.26 Å². The molecule has 0 fully saturated rings. The van der Waals surface area contributed by atoms with Crippen molar-refractivity contribution in [3.63, 3.8) is 0 Å². The van der Waals surface area contributed by atoms with Gasteiger partial charge in [-0.25, -0.2) is 0 Å². The molecule has 0 bridgehead atoms. The predicted molar refractivity (Wildman–Crippen MR) is 57.8 cm³/mol. The van der Waals surface area contributed by atoms with Gasteiger partial charge in [-0.3, -0.25) is 0 Å². The first-order valence-electron chi connectivity index (χ1n) is 4.83. The first kappa shape index (κ1) is 9.14. The third-order valence-corrected chi connectivity index (χ3v) is 2.89. The average Bonchev–Trinajstić information content (AvgIpc) is 2.58. The molecule has 0 spiro atoms. The molecule has 1 aliphatic carbocycles. The van der Waals surface area contributed by atoms with Crippen LogP contribution >= 0.6 is 0 Å². The van der Waals surface area contributed by atoms with Gasteiger partial charge in [-0.15, -0.1) is 0 Å². The van der Waals surface area contributed by atoms with E-state index in [0.717, 1.165) is 29.6 Å². The molecule has 0 heterocycles. The lowest BCUT2D eigenvalue weighted by Crippen LogP contribution is -2.09. The summed E-state index contributed by atoms with van der Waals surface area (Å²) in [7, 11) is 3.71. The highest BCUT2D eigenvalue weighted by Crippen LogP contribution is 2.33. The van der Waals surface area contributed by atoms with Crippen molar-refractivity contribution >= 4 is 13.3 Å². The van der Waals surface area contributed by atoms with Gasteiger partial charge in [0.25, 0.3) is 0 Å². The predicted octanol–water partition coefficient (Wildman–Crippen LogP) is 0.507. The van der Waals surface area contributed by atoms with Crippen molar-refractivity contribution in [2.75, 3.05) is 7.11 Å². The molecular formula is C11H12BNO. The number of hydrogen-bond donors (Lipinski definition) is 0. The Morgan fingerprint density at radius 1 is 1.57 bits per heavy atom. The fourth-order valence-corrected chi connectivity index (χ4v) is 2.11. The molecule has 1 aliphatic rings. The van der Waals surface area contributed by atoms with Gasteiger partial charge in [0.15, 0.2) is 0 Å². The third-order valence-electron chi connectivity index (χ3n) is 2.89. The van der Waals surface area contributed by atoms with Crippen LogP contribution in [0, 0.1) is 11.3 Å². The molecule has 0 radical (unpaired) electrons. The highest BCUT2D eigenvalue weighted by atomic mass is 16.5. The van der Waals surface area contributed by atoms with Crippen molar-refractivity contribution in [1.82, 2.24) is 0 Å². The number of benzene rings is 1. The Hall–Kier alpha value is -1.43. The van der Waals surface area contributed by atoms with Crippen molar-refractivity contribution in [2.24, 2.45) is 0 Å². The maximum Gasteiger partial charge on any atom is 0.144 e. The molecule has 70 valence electrons. The smallest absolute Gasteiger partial charge is 0.144 e. The lowest BCUT2D eigenvalue weighted by molar-refractivity contribution is 0.417. The van der Waals surface area contributed by atoms with E-state index in [1.54, 1.807) is 7.11 Å². The molecule has 1 atom stereocenters. The van der Waals surface area contributed by atoms with E-state index in [9.17, 15) is 0 Å². The van der Waals surface area contributed by atoms with Crippen molar-refractivity contribution < 1.29 is 4.74 Å². The molecule has 1 aromatic rings. The van der Waals surface area contributed by atoms with E-state index in [1.807, 2.05) is 13.9 Å². The van der Waals surface area contributed by atoms with E-state index >= 15 is 0 Å². The number of rotatable bonds is 1. The lowest BCUT2D eigenvalue weighted by atomic mass is 9.90. The molecule has 0 aliphatic heterocycles. The summed E-state index contributed by atoms with van der Waals surface area (Å²) in [5.41, 5.74) is 3.63. The standard InChI is InChI=1S/C11H12BNO/c1-14-11-5-9-7(4-10(11)12)2-3-8(9)6-13/h4-5,8H,2-3,12H2,1H3. The molecule has 2 nitrogen and oxygen atoms in total.